The standard InChI is InChI=1S/C25H23FO3/c1-3-16-4-6-17(7-5-16)18-8-10-19(11-9-18)22-14-20-12-13-21(15(2)27)24(26)23(20)25(28)29-22/h4-13,15,22,27H,3,14H2,1-2H3. The van der Waals surface area contributed by atoms with Crippen molar-refractivity contribution < 1.29 is 19.0 Å². The van der Waals surface area contributed by atoms with Gasteiger partial charge in [0.05, 0.1) is 11.7 Å². The van der Waals surface area contributed by atoms with Crippen molar-refractivity contribution in [2.24, 2.45) is 0 Å². The van der Waals surface area contributed by atoms with Crippen LogP contribution in [0.3, 0.4) is 0 Å². The van der Waals surface area contributed by atoms with Crippen LogP contribution in [-0.4, -0.2) is 11.1 Å². The lowest BCUT2D eigenvalue weighted by Gasteiger charge is -2.26. The first-order valence-corrected chi connectivity index (χ1v) is 9.87. The fourth-order valence-corrected chi connectivity index (χ4v) is 3.78. The van der Waals surface area contributed by atoms with Crippen LogP contribution in [0, 0.1) is 5.82 Å². The SMILES string of the molecule is CCc1ccc(-c2ccc(C3Cc4ccc(C(C)O)c(F)c4C(=O)O3)cc2)cc1. The van der Waals surface area contributed by atoms with E-state index >= 15 is 0 Å². The summed E-state index contributed by atoms with van der Waals surface area (Å²) in [5, 5.41) is 9.68. The second-order valence-corrected chi connectivity index (χ2v) is 7.45. The second-order valence-electron chi connectivity index (χ2n) is 7.45. The molecule has 0 amide bonds. The normalized spacial score (nSPS) is 16.8. The van der Waals surface area contributed by atoms with Gasteiger partial charge in [0.25, 0.3) is 0 Å². The first-order chi connectivity index (χ1) is 14.0. The number of hydrogen-bond donors (Lipinski definition) is 1. The molecule has 2 unspecified atom stereocenters. The zero-order valence-electron chi connectivity index (χ0n) is 16.5. The van der Waals surface area contributed by atoms with Crippen LogP contribution in [0.5, 0.6) is 0 Å². The summed E-state index contributed by atoms with van der Waals surface area (Å²) >= 11 is 0. The van der Waals surface area contributed by atoms with Crippen LogP contribution in [0.2, 0.25) is 0 Å². The Labute approximate surface area is 169 Å². The number of rotatable bonds is 4. The molecule has 29 heavy (non-hydrogen) atoms. The molecular formula is C25H23FO3. The van der Waals surface area contributed by atoms with Crippen LogP contribution in [0.15, 0.2) is 60.7 Å². The average molecular weight is 390 g/mol. The molecule has 0 saturated carbocycles. The maximum absolute atomic E-state index is 14.6. The van der Waals surface area contributed by atoms with Gasteiger partial charge in [0.1, 0.15) is 11.9 Å². The van der Waals surface area contributed by atoms with E-state index in [1.54, 1.807) is 6.07 Å². The van der Waals surface area contributed by atoms with Gasteiger partial charge in [-0.05, 0) is 41.2 Å². The molecule has 0 spiro atoms. The fraction of sp³-hybridized carbons (Fsp3) is 0.240. The zero-order valence-corrected chi connectivity index (χ0v) is 16.5. The number of benzene rings is 3. The van der Waals surface area contributed by atoms with Gasteiger partial charge in [0.2, 0.25) is 0 Å². The Morgan fingerprint density at radius 1 is 1.03 bits per heavy atom. The molecule has 3 nitrogen and oxygen atoms in total. The summed E-state index contributed by atoms with van der Waals surface area (Å²) in [6.07, 6.45) is -0.0246. The van der Waals surface area contributed by atoms with E-state index in [4.69, 9.17) is 4.74 Å². The highest BCUT2D eigenvalue weighted by molar-refractivity contribution is 5.93. The third-order valence-electron chi connectivity index (χ3n) is 5.54. The highest BCUT2D eigenvalue weighted by atomic mass is 19.1. The van der Waals surface area contributed by atoms with Crippen molar-refractivity contribution in [1.82, 2.24) is 0 Å². The minimum absolute atomic E-state index is 0.0627. The summed E-state index contributed by atoms with van der Waals surface area (Å²) in [5.41, 5.74) is 5.04. The number of cyclic esters (lactones) is 1. The maximum atomic E-state index is 14.6. The van der Waals surface area contributed by atoms with Crippen molar-refractivity contribution >= 4 is 5.97 Å². The summed E-state index contributed by atoms with van der Waals surface area (Å²) in [6.45, 7) is 3.60. The number of aliphatic hydroxyl groups excluding tert-OH is 1. The monoisotopic (exact) mass is 390 g/mol. The van der Waals surface area contributed by atoms with Gasteiger partial charge in [-0.15, -0.1) is 0 Å². The number of aliphatic hydroxyl groups is 1. The quantitative estimate of drug-likeness (QED) is 0.593. The molecule has 0 fully saturated rings. The third kappa shape index (κ3) is 3.68. The molecule has 1 aliphatic heterocycles. The van der Waals surface area contributed by atoms with Crippen LogP contribution >= 0.6 is 0 Å². The van der Waals surface area contributed by atoms with Crippen LogP contribution in [0.1, 0.15) is 58.7 Å². The molecular weight excluding hydrogens is 367 g/mol. The van der Waals surface area contributed by atoms with Crippen LogP contribution < -0.4 is 0 Å². The van der Waals surface area contributed by atoms with E-state index in [0.717, 1.165) is 23.1 Å². The Hall–Kier alpha value is -2.98. The van der Waals surface area contributed by atoms with E-state index in [-0.39, 0.29) is 11.1 Å². The lowest BCUT2D eigenvalue weighted by Crippen LogP contribution is -2.24. The molecule has 4 heteroatoms. The second kappa shape index (κ2) is 7.80. The largest absolute Gasteiger partial charge is 0.453 e. The highest BCUT2D eigenvalue weighted by Crippen LogP contribution is 2.34. The summed E-state index contributed by atoms with van der Waals surface area (Å²) in [4.78, 5) is 12.5. The van der Waals surface area contributed by atoms with Gasteiger partial charge in [-0.3, -0.25) is 0 Å². The van der Waals surface area contributed by atoms with Gasteiger partial charge in [-0.2, -0.15) is 0 Å². The molecule has 148 valence electrons. The molecule has 1 heterocycles. The highest BCUT2D eigenvalue weighted by Gasteiger charge is 2.31. The van der Waals surface area contributed by atoms with Gasteiger partial charge >= 0.3 is 5.97 Å². The first-order valence-electron chi connectivity index (χ1n) is 9.87. The molecule has 0 radical (unpaired) electrons. The minimum atomic E-state index is -0.982. The molecule has 0 saturated heterocycles. The van der Waals surface area contributed by atoms with Crippen LogP contribution in [-0.2, 0) is 17.6 Å². The molecule has 3 aromatic rings. The molecule has 1 N–H and O–H groups in total. The topological polar surface area (TPSA) is 46.5 Å². The Morgan fingerprint density at radius 2 is 1.66 bits per heavy atom. The number of aryl methyl sites for hydroxylation is 1. The predicted molar refractivity (Wildman–Crippen MR) is 110 cm³/mol. The zero-order chi connectivity index (χ0) is 20.5. The Bertz CT molecular complexity index is 1040. The van der Waals surface area contributed by atoms with E-state index < -0.39 is 24.0 Å². The molecule has 1 aliphatic rings. The van der Waals surface area contributed by atoms with E-state index in [1.165, 1.54) is 18.6 Å². The lowest BCUT2D eigenvalue weighted by molar-refractivity contribution is 0.0244. The Balaban J connectivity index is 1.58. The van der Waals surface area contributed by atoms with E-state index in [2.05, 4.69) is 31.2 Å². The van der Waals surface area contributed by atoms with Gasteiger partial charge in [-0.1, -0.05) is 67.6 Å². The maximum Gasteiger partial charge on any atom is 0.342 e. The fourth-order valence-electron chi connectivity index (χ4n) is 3.78. The third-order valence-corrected chi connectivity index (χ3v) is 5.54. The van der Waals surface area contributed by atoms with Crippen molar-refractivity contribution in [2.75, 3.05) is 0 Å². The number of halogens is 1. The predicted octanol–water partition coefficient (Wildman–Crippen LogP) is 5.56. The smallest absolute Gasteiger partial charge is 0.342 e. The molecule has 2 atom stereocenters. The number of esters is 1. The molecule has 4 rings (SSSR count). The molecule has 3 aromatic carbocycles. The number of carbonyl (C=O) groups excluding carboxylic acids is 1. The number of hydrogen-bond acceptors (Lipinski definition) is 3. The van der Waals surface area contributed by atoms with E-state index in [1.807, 2.05) is 24.3 Å². The molecule has 0 bridgehead atoms. The van der Waals surface area contributed by atoms with Gasteiger partial charge in [0, 0.05) is 12.0 Å². The van der Waals surface area contributed by atoms with Crippen molar-refractivity contribution in [2.45, 2.75) is 38.9 Å². The van der Waals surface area contributed by atoms with Crippen molar-refractivity contribution in [3.8, 4) is 11.1 Å². The number of fused-ring (bicyclic) bond motifs is 1. The number of carbonyl (C=O) groups is 1. The van der Waals surface area contributed by atoms with Crippen molar-refractivity contribution in [3.63, 3.8) is 0 Å². The van der Waals surface area contributed by atoms with Gasteiger partial charge in [0.15, 0.2) is 0 Å². The van der Waals surface area contributed by atoms with Crippen LogP contribution in [0.25, 0.3) is 11.1 Å². The Kier molecular flexibility index (Phi) is 5.20. The lowest BCUT2D eigenvalue weighted by atomic mass is 9.91. The molecule has 0 aliphatic carbocycles. The summed E-state index contributed by atoms with van der Waals surface area (Å²) in [5.74, 6) is -1.37. The van der Waals surface area contributed by atoms with Gasteiger partial charge in [-0.25, -0.2) is 9.18 Å². The van der Waals surface area contributed by atoms with E-state index in [0.29, 0.717) is 12.0 Å². The average Bonchev–Trinajstić information content (AvgIpc) is 2.73. The minimum Gasteiger partial charge on any atom is -0.453 e. The Morgan fingerprint density at radius 3 is 2.24 bits per heavy atom. The van der Waals surface area contributed by atoms with E-state index in [9.17, 15) is 14.3 Å². The summed E-state index contributed by atoms with van der Waals surface area (Å²) < 4.78 is 20.1. The van der Waals surface area contributed by atoms with Crippen molar-refractivity contribution in [1.29, 1.82) is 0 Å². The number of ether oxygens (including phenoxy) is 1. The van der Waals surface area contributed by atoms with Gasteiger partial charge < -0.3 is 9.84 Å². The van der Waals surface area contributed by atoms with Crippen molar-refractivity contribution in [3.05, 3.63) is 94.3 Å². The van der Waals surface area contributed by atoms with Crippen LogP contribution in [0.4, 0.5) is 4.39 Å². The summed E-state index contributed by atoms with van der Waals surface area (Å²) in [7, 11) is 0. The first kappa shape index (κ1) is 19.3. The molecule has 0 aromatic heterocycles. The summed E-state index contributed by atoms with van der Waals surface area (Å²) in [6, 6.07) is 19.6.